The first-order valence-electron chi connectivity index (χ1n) is 6.99. The zero-order valence-corrected chi connectivity index (χ0v) is 13.3. The second-order valence-corrected chi connectivity index (χ2v) is 5.68. The van der Waals surface area contributed by atoms with Crippen molar-refractivity contribution < 1.29 is 0 Å². The number of aromatic nitrogens is 2. The zero-order chi connectivity index (χ0) is 14.9. The Hall–Kier alpha value is -1.32. The molecule has 2 N–H and O–H groups in total. The second-order valence-electron chi connectivity index (χ2n) is 5.30. The number of rotatable bonds is 4. The first-order chi connectivity index (χ1) is 9.47. The summed E-state index contributed by atoms with van der Waals surface area (Å²) in [5.41, 5.74) is 10.6. The van der Waals surface area contributed by atoms with E-state index in [1.54, 1.807) is 0 Å². The summed E-state index contributed by atoms with van der Waals surface area (Å²) in [6.07, 6.45) is 0.884. The lowest BCUT2D eigenvalue weighted by molar-refractivity contribution is 0.414. The summed E-state index contributed by atoms with van der Waals surface area (Å²) in [4.78, 5) is 0. The van der Waals surface area contributed by atoms with E-state index in [1.807, 2.05) is 30.7 Å². The normalized spacial score (nSPS) is 14.3. The van der Waals surface area contributed by atoms with E-state index >= 15 is 0 Å². The van der Waals surface area contributed by atoms with Gasteiger partial charge in [0.25, 0.3) is 0 Å². The fraction of sp³-hybridized carbons (Fsp3) is 0.438. The molecule has 0 bridgehead atoms. The van der Waals surface area contributed by atoms with Crippen molar-refractivity contribution in [3.05, 3.63) is 51.8 Å². The van der Waals surface area contributed by atoms with Crippen LogP contribution in [0.4, 0.5) is 0 Å². The van der Waals surface area contributed by atoms with Crippen LogP contribution in [-0.2, 0) is 0 Å². The van der Waals surface area contributed by atoms with Crippen LogP contribution >= 0.6 is 11.6 Å². The van der Waals surface area contributed by atoms with Gasteiger partial charge < -0.3 is 5.73 Å². The fourth-order valence-corrected chi connectivity index (χ4v) is 2.72. The largest absolute Gasteiger partial charge is 0.326 e. The molecule has 0 saturated heterocycles. The summed E-state index contributed by atoms with van der Waals surface area (Å²) in [6.45, 7) is 8.13. The third kappa shape index (κ3) is 2.60. The molecule has 0 aliphatic carbocycles. The Kier molecular flexibility index (Phi) is 4.51. The number of hydrogen-bond donors (Lipinski definition) is 1. The van der Waals surface area contributed by atoms with E-state index < -0.39 is 0 Å². The molecule has 0 aliphatic heterocycles. The maximum Gasteiger partial charge on any atom is 0.0925 e. The number of nitrogens with two attached hydrogens (primary N) is 1. The molecule has 0 fully saturated rings. The molecule has 108 valence electrons. The second kappa shape index (κ2) is 5.98. The molecular formula is C16H22ClN3. The van der Waals surface area contributed by atoms with E-state index in [9.17, 15) is 0 Å². The molecule has 3 nitrogen and oxygen atoms in total. The minimum absolute atomic E-state index is 0.00478. The summed E-state index contributed by atoms with van der Waals surface area (Å²) < 4.78 is 1.98. The van der Waals surface area contributed by atoms with Crippen LogP contribution in [0.25, 0.3) is 0 Å². The summed E-state index contributed by atoms with van der Waals surface area (Å²) in [6, 6.07) is 8.35. The highest BCUT2D eigenvalue weighted by Gasteiger charge is 2.25. The van der Waals surface area contributed by atoms with Crippen molar-refractivity contribution in [2.24, 2.45) is 5.73 Å². The van der Waals surface area contributed by atoms with Crippen molar-refractivity contribution in [1.82, 2.24) is 9.78 Å². The van der Waals surface area contributed by atoms with Gasteiger partial charge in [0, 0.05) is 6.04 Å². The molecule has 1 heterocycles. The molecule has 2 aromatic rings. The standard InChI is InChI=1S/C16H22ClN3/c1-5-14(18)16(13-9-7-6-8-10(13)2)20-12(4)15(17)11(3)19-20/h6-9,14,16H,5,18H2,1-4H3. The monoisotopic (exact) mass is 291 g/mol. The van der Waals surface area contributed by atoms with Crippen LogP contribution in [-0.4, -0.2) is 15.8 Å². The van der Waals surface area contributed by atoms with Crippen LogP contribution < -0.4 is 5.73 Å². The van der Waals surface area contributed by atoms with E-state index in [1.165, 1.54) is 11.1 Å². The van der Waals surface area contributed by atoms with Gasteiger partial charge in [0.1, 0.15) is 0 Å². The third-order valence-corrected chi connectivity index (χ3v) is 4.43. The van der Waals surface area contributed by atoms with Gasteiger partial charge in [-0.1, -0.05) is 42.8 Å². The Bertz CT molecular complexity index is 604. The molecule has 0 amide bonds. The zero-order valence-electron chi connectivity index (χ0n) is 12.5. The third-order valence-electron chi connectivity index (χ3n) is 3.88. The summed E-state index contributed by atoms with van der Waals surface area (Å²) >= 11 is 6.29. The van der Waals surface area contributed by atoms with Gasteiger partial charge in [-0.2, -0.15) is 5.10 Å². The minimum atomic E-state index is 0.00478. The predicted molar refractivity (Wildman–Crippen MR) is 84.3 cm³/mol. The average molecular weight is 292 g/mol. The summed E-state index contributed by atoms with van der Waals surface area (Å²) in [5.74, 6) is 0. The van der Waals surface area contributed by atoms with Gasteiger partial charge in [-0.3, -0.25) is 4.68 Å². The molecule has 0 saturated carbocycles. The molecule has 1 aromatic heterocycles. The van der Waals surface area contributed by atoms with Gasteiger partial charge in [0.15, 0.2) is 0 Å². The molecule has 2 atom stereocenters. The van der Waals surface area contributed by atoms with Crippen LogP contribution in [0.15, 0.2) is 24.3 Å². The fourth-order valence-electron chi connectivity index (χ4n) is 2.60. The molecule has 1 aromatic carbocycles. The summed E-state index contributed by atoms with van der Waals surface area (Å²) in [7, 11) is 0. The van der Waals surface area contributed by atoms with E-state index in [4.69, 9.17) is 17.3 Å². The van der Waals surface area contributed by atoms with Crippen LogP contribution in [0.1, 0.15) is 41.9 Å². The van der Waals surface area contributed by atoms with Crippen molar-refractivity contribution in [1.29, 1.82) is 0 Å². The van der Waals surface area contributed by atoms with Gasteiger partial charge in [-0.15, -0.1) is 0 Å². The first kappa shape index (κ1) is 15.1. The van der Waals surface area contributed by atoms with Gasteiger partial charge in [-0.25, -0.2) is 0 Å². The van der Waals surface area contributed by atoms with E-state index in [-0.39, 0.29) is 12.1 Å². The van der Waals surface area contributed by atoms with Gasteiger partial charge in [0.05, 0.1) is 22.5 Å². The van der Waals surface area contributed by atoms with Crippen molar-refractivity contribution in [2.45, 2.75) is 46.2 Å². The smallest absolute Gasteiger partial charge is 0.0925 e. The van der Waals surface area contributed by atoms with Gasteiger partial charge in [-0.05, 0) is 38.3 Å². The number of aryl methyl sites for hydroxylation is 2. The van der Waals surface area contributed by atoms with Gasteiger partial charge >= 0.3 is 0 Å². The number of halogens is 1. The molecule has 4 heteroatoms. The average Bonchev–Trinajstić information content (AvgIpc) is 2.69. The first-order valence-corrected chi connectivity index (χ1v) is 7.37. The highest BCUT2D eigenvalue weighted by Crippen LogP contribution is 2.30. The predicted octanol–water partition coefficient (Wildman–Crippen LogP) is 3.79. The Labute approximate surface area is 125 Å². The lowest BCUT2D eigenvalue weighted by atomic mass is 9.94. The maximum atomic E-state index is 6.37. The Balaban J connectivity index is 2.59. The topological polar surface area (TPSA) is 43.8 Å². The van der Waals surface area contributed by atoms with E-state index in [0.717, 1.165) is 22.8 Å². The van der Waals surface area contributed by atoms with Crippen molar-refractivity contribution in [3.63, 3.8) is 0 Å². The number of benzene rings is 1. The van der Waals surface area contributed by atoms with Crippen molar-refractivity contribution >= 4 is 11.6 Å². The maximum absolute atomic E-state index is 6.37. The molecule has 0 aliphatic rings. The minimum Gasteiger partial charge on any atom is -0.326 e. The lowest BCUT2D eigenvalue weighted by Crippen LogP contribution is -2.34. The Morgan fingerprint density at radius 2 is 1.90 bits per heavy atom. The van der Waals surface area contributed by atoms with E-state index in [0.29, 0.717) is 0 Å². The Morgan fingerprint density at radius 3 is 2.40 bits per heavy atom. The highest BCUT2D eigenvalue weighted by molar-refractivity contribution is 6.31. The molecule has 2 unspecified atom stereocenters. The highest BCUT2D eigenvalue weighted by atomic mass is 35.5. The van der Waals surface area contributed by atoms with Crippen LogP contribution in [0, 0.1) is 20.8 Å². The van der Waals surface area contributed by atoms with Crippen molar-refractivity contribution in [3.8, 4) is 0 Å². The van der Waals surface area contributed by atoms with Crippen LogP contribution in [0.2, 0.25) is 5.02 Å². The molecule has 2 rings (SSSR count). The number of nitrogens with zero attached hydrogens (tertiary/aromatic N) is 2. The number of hydrogen-bond acceptors (Lipinski definition) is 2. The molecule has 0 spiro atoms. The van der Waals surface area contributed by atoms with Crippen LogP contribution in [0.3, 0.4) is 0 Å². The van der Waals surface area contributed by atoms with Crippen LogP contribution in [0.5, 0.6) is 0 Å². The molecular weight excluding hydrogens is 270 g/mol. The SMILES string of the molecule is CCC(N)C(c1ccccc1C)n1nc(C)c(Cl)c1C. The quantitative estimate of drug-likeness (QED) is 0.931. The summed E-state index contributed by atoms with van der Waals surface area (Å²) in [5, 5.41) is 5.33. The van der Waals surface area contributed by atoms with Crippen molar-refractivity contribution in [2.75, 3.05) is 0 Å². The Morgan fingerprint density at radius 1 is 1.25 bits per heavy atom. The lowest BCUT2D eigenvalue weighted by Gasteiger charge is -2.26. The molecule has 20 heavy (non-hydrogen) atoms. The van der Waals surface area contributed by atoms with Gasteiger partial charge in [0.2, 0.25) is 0 Å². The molecule has 0 radical (unpaired) electrons. The van der Waals surface area contributed by atoms with E-state index in [2.05, 4.69) is 31.1 Å².